The molecule has 0 saturated carbocycles. The third-order valence-corrected chi connectivity index (χ3v) is 5.62. The van der Waals surface area contributed by atoms with Crippen molar-refractivity contribution in [3.05, 3.63) is 75.3 Å². The summed E-state index contributed by atoms with van der Waals surface area (Å²) in [5.74, 6) is -0.0298. The molecule has 0 unspecified atom stereocenters. The molecule has 1 fully saturated rings. The molecule has 0 aromatic heterocycles. The predicted octanol–water partition coefficient (Wildman–Crippen LogP) is 4.10. The first kappa shape index (κ1) is 22.8. The molecule has 2 aromatic rings. The zero-order chi connectivity index (χ0) is 20.1. The zero-order valence-corrected chi connectivity index (χ0v) is 17.7. The molecule has 0 radical (unpaired) electrons. The first-order chi connectivity index (χ1) is 13.5. The van der Waals surface area contributed by atoms with Gasteiger partial charge in [0.1, 0.15) is 0 Å². The van der Waals surface area contributed by atoms with Crippen molar-refractivity contribution < 1.29 is 9.72 Å². The van der Waals surface area contributed by atoms with E-state index < -0.39 is 4.92 Å². The van der Waals surface area contributed by atoms with Gasteiger partial charge in [-0.15, -0.1) is 12.4 Å². The monoisotopic (exact) mass is 417 g/mol. The van der Waals surface area contributed by atoms with Gasteiger partial charge in [0.15, 0.2) is 0 Å². The van der Waals surface area contributed by atoms with E-state index in [2.05, 4.69) is 36.2 Å². The van der Waals surface area contributed by atoms with Gasteiger partial charge in [0.05, 0.1) is 4.92 Å². The van der Waals surface area contributed by atoms with Crippen LogP contribution in [0.3, 0.4) is 0 Å². The van der Waals surface area contributed by atoms with E-state index in [-0.39, 0.29) is 24.0 Å². The van der Waals surface area contributed by atoms with E-state index in [1.54, 1.807) is 13.0 Å². The first-order valence-corrected chi connectivity index (χ1v) is 9.74. The van der Waals surface area contributed by atoms with Crippen molar-refractivity contribution in [1.29, 1.82) is 0 Å². The summed E-state index contributed by atoms with van der Waals surface area (Å²) in [5.41, 5.74) is 2.58. The van der Waals surface area contributed by atoms with E-state index in [1.165, 1.54) is 17.7 Å². The van der Waals surface area contributed by atoms with Gasteiger partial charge in [-0.2, -0.15) is 0 Å². The maximum Gasteiger partial charge on any atom is 0.269 e. The van der Waals surface area contributed by atoms with Crippen LogP contribution in [0.5, 0.6) is 0 Å². The van der Waals surface area contributed by atoms with Crippen molar-refractivity contribution in [1.82, 2.24) is 9.80 Å². The summed E-state index contributed by atoms with van der Waals surface area (Å²) in [6.45, 7) is 4.19. The van der Waals surface area contributed by atoms with Crippen LogP contribution in [0.1, 0.15) is 34.3 Å². The number of carbonyl (C=O) groups excluding carboxylic acids is 1. The summed E-state index contributed by atoms with van der Waals surface area (Å²) in [6, 6.07) is 15.4. The maximum absolute atomic E-state index is 12.8. The summed E-state index contributed by atoms with van der Waals surface area (Å²) >= 11 is 0. The average molecular weight is 418 g/mol. The van der Waals surface area contributed by atoms with Crippen molar-refractivity contribution in [2.45, 2.75) is 32.2 Å². The molecule has 29 heavy (non-hydrogen) atoms. The van der Waals surface area contributed by atoms with Crippen LogP contribution in [0.25, 0.3) is 0 Å². The van der Waals surface area contributed by atoms with Crippen LogP contribution in [0.2, 0.25) is 0 Å². The van der Waals surface area contributed by atoms with Crippen molar-refractivity contribution in [2.75, 3.05) is 26.7 Å². The molecule has 0 spiro atoms. The smallest absolute Gasteiger partial charge is 0.269 e. The molecule has 156 valence electrons. The second kappa shape index (κ2) is 10.4. The molecule has 0 aliphatic carbocycles. The van der Waals surface area contributed by atoms with Crippen LogP contribution in [0, 0.1) is 17.0 Å². The number of halogens is 1. The number of carbonyl (C=O) groups is 1. The number of amides is 1. The Morgan fingerprint density at radius 3 is 2.41 bits per heavy atom. The fourth-order valence-electron chi connectivity index (χ4n) is 3.81. The van der Waals surface area contributed by atoms with Crippen LogP contribution in [-0.2, 0) is 6.42 Å². The Balaban J connectivity index is 0.00000300. The Hall–Kier alpha value is -2.44. The van der Waals surface area contributed by atoms with Crippen molar-refractivity contribution in [3.8, 4) is 0 Å². The van der Waals surface area contributed by atoms with E-state index in [0.717, 1.165) is 38.9 Å². The van der Waals surface area contributed by atoms with Gasteiger partial charge in [0.25, 0.3) is 11.6 Å². The minimum absolute atomic E-state index is 0. The highest BCUT2D eigenvalue weighted by Gasteiger charge is 2.26. The number of nitro benzene ring substituents is 1. The third kappa shape index (κ3) is 5.78. The van der Waals surface area contributed by atoms with Gasteiger partial charge < -0.3 is 9.80 Å². The van der Waals surface area contributed by atoms with Gasteiger partial charge in [-0.3, -0.25) is 14.9 Å². The highest BCUT2D eigenvalue weighted by atomic mass is 35.5. The summed E-state index contributed by atoms with van der Waals surface area (Å²) in [7, 11) is 2.16. The van der Waals surface area contributed by atoms with Crippen molar-refractivity contribution >= 4 is 24.0 Å². The minimum atomic E-state index is -0.433. The predicted molar refractivity (Wildman–Crippen MR) is 117 cm³/mol. The summed E-state index contributed by atoms with van der Waals surface area (Å²) in [6.07, 6.45) is 2.92. The van der Waals surface area contributed by atoms with E-state index in [4.69, 9.17) is 0 Å². The van der Waals surface area contributed by atoms with E-state index in [9.17, 15) is 14.9 Å². The standard InChI is InChI=1S/C22H27N3O3.ClH/c1-17-16-20(25(27)28)8-9-21(17)22(26)24-14-11-19(12-15-24)23(2)13-10-18-6-4-3-5-7-18;/h3-9,16,19H,10-15H2,1-2H3;1H. The minimum Gasteiger partial charge on any atom is -0.339 e. The van der Waals surface area contributed by atoms with Crippen LogP contribution in [0.15, 0.2) is 48.5 Å². The fraction of sp³-hybridized carbons (Fsp3) is 0.409. The molecule has 3 rings (SSSR count). The van der Waals surface area contributed by atoms with Crippen LogP contribution in [0.4, 0.5) is 5.69 Å². The SMILES string of the molecule is Cc1cc([N+](=O)[O-])ccc1C(=O)N1CCC(N(C)CCc2ccccc2)CC1.Cl. The number of non-ortho nitro benzene ring substituents is 1. The Morgan fingerprint density at radius 2 is 1.83 bits per heavy atom. The van der Waals surface area contributed by atoms with Crippen molar-refractivity contribution in [3.63, 3.8) is 0 Å². The summed E-state index contributed by atoms with van der Waals surface area (Å²) in [5, 5.41) is 10.9. The Morgan fingerprint density at radius 1 is 1.17 bits per heavy atom. The third-order valence-electron chi connectivity index (χ3n) is 5.62. The van der Waals surface area contributed by atoms with Crippen LogP contribution < -0.4 is 0 Å². The Bertz CT molecular complexity index is 836. The largest absolute Gasteiger partial charge is 0.339 e. The van der Waals surface area contributed by atoms with E-state index >= 15 is 0 Å². The molecule has 2 aromatic carbocycles. The molecular formula is C22H28ClN3O3. The number of hydrogen-bond donors (Lipinski definition) is 0. The normalized spacial score (nSPS) is 14.5. The molecule has 0 bridgehead atoms. The first-order valence-electron chi connectivity index (χ1n) is 9.74. The molecule has 7 heteroatoms. The molecule has 0 N–H and O–H groups in total. The molecular weight excluding hydrogens is 390 g/mol. The number of aryl methyl sites for hydroxylation is 1. The van der Waals surface area contributed by atoms with Gasteiger partial charge in [0, 0.05) is 43.4 Å². The Kier molecular flexibility index (Phi) is 8.17. The lowest BCUT2D eigenvalue weighted by molar-refractivity contribution is -0.384. The number of rotatable bonds is 6. The topological polar surface area (TPSA) is 66.7 Å². The highest BCUT2D eigenvalue weighted by Crippen LogP contribution is 2.22. The van der Waals surface area contributed by atoms with Gasteiger partial charge >= 0.3 is 0 Å². The lowest BCUT2D eigenvalue weighted by Crippen LogP contribution is -2.46. The molecule has 1 saturated heterocycles. The van der Waals surface area contributed by atoms with Gasteiger partial charge in [0.2, 0.25) is 0 Å². The number of nitro groups is 1. The molecule has 1 aliphatic rings. The summed E-state index contributed by atoms with van der Waals surface area (Å²) < 4.78 is 0. The number of nitrogens with zero attached hydrogens (tertiary/aromatic N) is 3. The number of piperidine rings is 1. The van der Waals surface area contributed by atoms with Gasteiger partial charge in [-0.05, 0) is 50.4 Å². The van der Waals surface area contributed by atoms with Crippen LogP contribution >= 0.6 is 12.4 Å². The second-order valence-electron chi connectivity index (χ2n) is 7.50. The van der Waals surface area contributed by atoms with Crippen molar-refractivity contribution in [2.24, 2.45) is 0 Å². The lowest BCUT2D eigenvalue weighted by Gasteiger charge is -2.37. The Labute approximate surface area is 178 Å². The molecule has 1 aliphatic heterocycles. The summed E-state index contributed by atoms with van der Waals surface area (Å²) in [4.78, 5) is 27.5. The molecule has 1 heterocycles. The van der Waals surface area contributed by atoms with Gasteiger partial charge in [-0.25, -0.2) is 0 Å². The number of hydrogen-bond acceptors (Lipinski definition) is 4. The lowest BCUT2D eigenvalue weighted by atomic mass is 10.0. The van der Waals surface area contributed by atoms with Gasteiger partial charge in [-0.1, -0.05) is 30.3 Å². The highest BCUT2D eigenvalue weighted by molar-refractivity contribution is 5.96. The second-order valence-corrected chi connectivity index (χ2v) is 7.50. The molecule has 6 nitrogen and oxygen atoms in total. The van der Waals surface area contributed by atoms with E-state index in [0.29, 0.717) is 17.2 Å². The zero-order valence-electron chi connectivity index (χ0n) is 16.9. The quantitative estimate of drug-likeness (QED) is 0.524. The number of benzene rings is 2. The maximum atomic E-state index is 12.8. The van der Waals surface area contributed by atoms with E-state index in [1.807, 2.05) is 11.0 Å². The van der Waals surface area contributed by atoms with Crippen LogP contribution in [-0.4, -0.2) is 53.4 Å². The number of likely N-dealkylation sites (tertiary alicyclic amines) is 1. The number of likely N-dealkylation sites (N-methyl/N-ethyl adjacent to an activating group) is 1. The molecule has 1 amide bonds. The average Bonchev–Trinajstić information content (AvgIpc) is 2.72. The molecule has 0 atom stereocenters. The fourth-order valence-corrected chi connectivity index (χ4v) is 3.81.